The molecule has 1 aromatic heterocycles. The number of halogens is 4. The Kier molecular flexibility index (Phi) is 3.97. The smallest absolute Gasteiger partial charge is 0.150 e. The predicted molar refractivity (Wildman–Crippen MR) is 74.0 cm³/mol. The maximum atomic E-state index is 13.7. The summed E-state index contributed by atoms with van der Waals surface area (Å²) in [6.07, 6.45) is 1.57. The molecule has 0 fully saturated rings. The van der Waals surface area contributed by atoms with E-state index >= 15 is 0 Å². The van der Waals surface area contributed by atoms with Crippen LogP contribution in [0.3, 0.4) is 0 Å². The van der Waals surface area contributed by atoms with Crippen molar-refractivity contribution in [3.63, 3.8) is 0 Å². The fraction of sp³-hybridized carbons (Fsp3) is 0.0833. The molecule has 0 saturated carbocycles. The zero-order chi connectivity index (χ0) is 13.3. The van der Waals surface area contributed by atoms with Crippen molar-refractivity contribution in [3.05, 3.63) is 50.5 Å². The van der Waals surface area contributed by atoms with Crippen LogP contribution in [0.2, 0.25) is 0 Å². The van der Waals surface area contributed by atoms with E-state index in [4.69, 9.17) is 0 Å². The third kappa shape index (κ3) is 2.70. The average molecular weight is 378 g/mol. The van der Waals surface area contributed by atoms with Gasteiger partial charge in [0.2, 0.25) is 0 Å². The van der Waals surface area contributed by atoms with Crippen LogP contribution in [-0.2, 0) is 0 Å². The first-order valence-electron chi connectivity index (χ1n) is 5.01. The molecule has 0 amide bonds. The molecule has 0 radical (unpaired) electrons. The first-order chi connectivity index (χ1) is 8.49. The summed E-state index contributed by atoms with van der Waals surface area (Å²) in [7, 11) is 0. The highest BCUT2D eigenvalue weighted by molar-refractivity contribution is 9.11. The van der Waals surface area contributed by atoms with Crippen LogP contribution >= 0.6 is 31.9 Å². The third-order valence-corrected chi connectivity index (χ3v) is 3.79. The van der Waals surface area contributed by atoms with Gasteiger partial charge < -0.3 is 5.32 Å². The highest BCUT2D eigenvalue weighted by Gasteiger charge is 2.13. The Morgan fingerprint density at radius 3 is 2.39 bits per heavy atom. The van der Waals surface area contributed by atoms with Gasteiger partial charge in [0.15, 0.2) is 11.6 Å². The van der Waals surface area contributed by atoms with Crippen molar-refractivity contribution in [1.82, 2.24) is 4.98 Å². The van der Waals surface area contributed by atoms with E-state index in [-0.39, 0.29) is 5.69 Å². The van der Waals surface area contributed by atoms with Gasteiger partial charge in [-0.2, -0.15) is 0 Å². The van der Waals surface area contributed by atoms with Gasteiger partial charge >= 0.3 is 0 Å². The molecular formula is C12H8Br2F2N2. The largest absolute Gasteiger partial charge is 0.334 e. The highest BCUT2D eigenvalue weighted by Crippen LogP contribution is 2.30. The lowest BCUT2D eigenvalue weighted by Crippen LogP contribution is -2.01. The molecule has 94 valence electrons. The quantitative estimate of drug-likeness (QED) is 0.801. The van der Waals surface area contributed by atoms with Gasteiger partial charge in [0, 0.05) is 10.7 Å². The van der Waals surface area contributed by atoms with Gasteiger partial charge in [-0.3, -0.25) is 0 Å². The fourth-order valence-corrected chi connectivity index (χ4v) is 2.14. The van der Waals surface area contributed by atoms with Crippen LogP contribution in [0, 0.1) is 18.6 Å². The summed E-state index contributed by atoms with van der Waals surface area (Å²) in [4.78, 5) is 4.04. The topological polar surface area (TPSA) is 24.9 Å². The van der Waals surface area contributed by atoms with Gasteiger partial charge in [0.25, 0.3) is 0 Å². The van der Waals surface area contributed by atoms with Crippen LogP contribution in [0.4, 0.5) is 20.3 Å². The minimum atomic E-state index is -0.683. The first-order valence-corrected chi connectivity index (χ1v) is 6.60. The number of hydrogen-bond donors (Lipinski definition) is 1. The van der Waals surface area contributed by atoms with Crippen LogP contribution in [0.1, 0.15) is 5.56 Å². The summed E-state index contributed by atoms with van der Waals surface area (Å²) in [5.74, 6) is -0.996. The van der Waals surface area contributed by atoms with Crippen LogP contribution < -0.4 is 5.32 Å². The molecule has 0 atom stereocenters. The number of rotatable bonds is 2. The Labute approximate surface area is 120 Å². The summed E-state index contributed by atoms with van der Waals surface area (Å²) in [6.45, 7) is 1.87. The summed E-state index contributed by atoms with van der Waals surface area (Å²) in [5.41, 5.74) is 0.697. The summed E-state index contributed by atoms with van der Waals surface area (Å²) < 4.78 is 28.3. The van der Waals surface area contributed by atoms with E-state index in [9.17, 15) is 8.78 Å². The lowest BCUT2D eigenvalue weighted by Gasteiger charge is -2.11. The zero-order valence-corrected chi connectivity index (χ0v) is 12.4. The summed E-state index contributed by atoms with van der Waals surface area (Å²) in [5, 5.41) is 2.65. The monoisotopic (exact) mass is 376 g/mol. The number of nitrogens with zero attached hydrogens (tertiary/aromatic N) is 1. The van der Waals surface area contributed by atoms with Crippen LogP contribution in [0.15, 0.2) is 33.3 Å². The van der Waals surface area contributed by atoms with Crippen LogP contribution in [0.25, 0.3) is 0 Å². The average Bonchev–Trinajstić information content (AvgIpc) is 2.28. The van der Waals surface area contributed by atoms with E-state index in [0.29, 0.717) is 14.8 Å². The summed E-state index contributed by atoms with van der Waals surface area (Å²) >= 11 is 6.35. The molecule has 0 bridgehead atoms. The molecule has 2 nitrogen and oxygen atoms in total. The van der Waals surface area contributed by atoms with Gasteiger partial charge in [0.05, 0.1) is 4.47 Å². The maximum Gasteiger partial charge on any atom is 0.150 e. The van der Waals surface area contributed by atoms with E-state index in [1.807, 2.05) is 6.92 Å². The molecule has 0 unspecified atom stereocenters. The molecule has 6 heteroatoms. The molecule has 2 aromatic rings. The number of hydrogen-bond acceptors (Lipinski definition) is 2. The number of nitrogens with one attached hydrogen (secondary N) is 1. The van der Waals surface area contributed by atoms with Crippen molar-refractivity contribution < 1.29 is 8.78 Å². The van der Waals surface area contributed by atoms with E-state index in [2.05, 4.69) is 42.2 Å². The highest BCUT2D eigenvalue weighted by atomic mass is 79.9. The van der Waals surface area contributed by atoms with Gasteiger partial charge in [-0.25, -0.2) is 13.8 Å². The minimum Gasteiger partial charge on any atom is -0.334 e. The molecule has 0 aliphatic heterocycles. The number of aromatic nitrogens is 1. The van der Waals surface area contributed by atoms with Crippen LogP contribution in [-0.4, -0.2) is 4.98 Å². The molecule has 1 aromatic carbocycles. The zero-order valence-electron chi connectivity index (χ0n) is 9.27. The Bertz CT molecular complexity index is 580. The third-order valence-electron chi connectivity index (χ3n) is 2.33. The van der Waals surface area contributed by atoms with Crippen molar-refractivity contribution in [1.29, 1.82) is 0 Å². The number of anilines is 2. The molecule has 2 rings (SSSR count). The van der Waals surface area contributed by atoms with E-state index < -0.39 is 11.6 Å². The molecule has 0 aliphatic rings. The van der Waals surface area contributed by atoms with Crippen molar-refractivity contribution in [2.24, 2.45) is 0 Å². The van der Waals surface area contributed by atoms with Crippen molar-refractivity contribution in [3.8, 4) is 0 Å². The van der Waals surface area contributed by atoms with Crippen molar-refractivity contribution in [2.75, 3.05) is 5.32 Å². The van der Waals surface area contributed by atoms with Gasteiger partial charge in [0.1, 0.15) is 11.5 Å². The second-order valence-electron chi connectivity index (χ2n) is 3.66. The fourth-order valence-electron chi connectivity index (χ4n) is 1.41. The second kappa shape index (κ2) is 5.32. The van der Waals surface area contributed by atoms with Crippen LogP contribution in [0.5, 0.6) is 0 Å². The molecule has 0 spiro atoms. The van der Waals surface area contributed by atoms with Gasteiger partial charge in [-0.15, -0.1) is 0 Å². The molecule has 0 aliphatic carbocycles. The normalized spacial score (nSPS) is 10.5. The predicted octanol–water partition coefficient (Wildman–Crippen LogP) is 4.94. The molecule has 1 heterocycles. The van der Waals surface area contributed by atoms with E-state index in [0.717, 1.165) is 5.56 Å². The van der Waals surface area contributed by atoms with Crippen molar-refractivity contribution >= 4 is 43.4 Å². The van der Waals surface area contributed by atoms with Gasteiger partial charge in [-0.1, -0.05) is 15.9 Å². The van der Waals surface area contributed by atoms with Crippen molar-refractivity contribution in [2.45, 2.75) is 6.92 Å². The van der Waals surface area contributed by atoms with Gasteiger partial charge in [-0.05, 0) is 46.6 Å². The SMILES string of the molecule is Cc1ccnc(Nc2c(F)cc(Br)cc2F)c1Br. The second-order valence-corrected chi connectivity index (χ2v) is 5.37. The Morgan fingerprint density at radius 1 is 1.17 bits per heavy atom. The Hall–Kier alpha value is -1.01. The molecule has 18 heavy (non-hydrogen) atoms. The maximum absolute atomic E-state index is 13.7. The molecule has 1 N–H and O–H groups in total. The molecule has 0 saturated heterocycles. The first kappa shape index (κ1) is 13.4. The van der Waals surface area contributed by atoms with E-state index in [1.54, 1.807) is 12.3 Å². The van der Waals surface area contributed by atoms with E-state index in [1.165, 1.54) is 12.1 Å². The summed E-state index contributed by atoms with van der Waals surface area (Å²) in [6, 6.07) is 4.17. The lowest BCUT2D eigenvalue weighted by atomic mass is 10.2. The molecular weight excluding hydrogens is 370 g/mol. The number of pyridine rings is 1. The standard InChI is InChI=1S/C12H8Br2F2N2/c1-6-2-3-17-12(10(6)14)18-11-8(15)4-7(13)5-9(11)16/h2-5H,1H3,(H,17,18). The lowest BCUT2D eigenvalue weighted by molar-refractivity contribution is 0.589. The minimum absolute atomic E-state index is 0.225. The Morgan fingerprint density at radius 2 is 1.78 bits per heavy atom. The Balaban J connectivity index is 2.43. The number of benzene rings is 1. The number of aryl methyl sites for hydroxylation is 1.